The fourth-order valence-corrected chi connectivity index (χ4v) is 1.70. The normalized spacial score (nSPS) is 13.5. The van der Waals surface area contributed by atoms with Crippen molar-refractivity contribution in [1.82, 2.24) is 4.90 Å². The van der Waals surface area contributed by atoms with Crippen molar-refractivity contribution in [1.29, 1.82) is 0 Å². The van der Waals surface area contributed by atoms with Gasteiger partial charge in [-0.15, -0.1) is 0 Å². The Bertz CT molecular complexity index is 488. The number of hydrogen-bond donors (Lipinski definition) is 0. The summed E-state index contributed by atoms with van der Waals surface area (Å²) < 4.78 is 46.6. The van der Waals surface area contributed by atoms with Crippen LogP contribution < -0.4 is 9.47 Å². The average molecular weight is 275 g/mol. The molecule has 1 amide bonds. The number of carbonyl (C=O) groups excluding carboxylic acids is 1. The highest BCUT2D eigenvalue weighted by atomic mass is 19.4. The van der Waals surface area contributed by atoms with Crippen LogP contribution in [0.2, 0.25) is 0 Å². The average Bonchev–Trinajstić information content (AvgIpc) is 2.82. The molecule has 0 aliphatic carbocycles. The number of carbonyl (C=O) groups is 1. The monoisotopic (exact) mass is 275 g/mol. The number of ether oxygens (including phenoxy) is 2. The predicted molar refractivity (Wildman–Crippen MR) is 60.2 cm³/mol. The van der Waals surface area contributed by atoms with E-state index in [1.54, 1.807) is 12.1 Å². The highest BCUT2D eigenvalue weighted by molar-refractivity contribution is 5.97. The van der Waals surface area contributed by atoms with Gasteiger partial charge in [0.25, 0.3) is 5.91 Å². The molecule has 0 aromatic heterocycles. The van der Waals surface area contributed by atoms with E-state index in [0.29, 0.717) is 5.75 Å². The van der Waals surface area contributed by atoms with Crippen LogP contribution in [0.3, 0.4) is 0 Å². The van der Waals surface area contributed by atoms with Crippen LogP contribution in [0.4, 0.5) is 13.2 Å². The molecule has 0 saturated carbocycles. The Kier molecular flexibility index (Phi) is 3.55. The summed E-state index contributed by atoms with van der Waals surface area (Å²) in [4.78, 5) is 13.1. The summed E-state index contributed by atoms with van der Waals surface area (Å²) >= 11 is 0. The summed E-state index contributed by atoms with van der Waals surface area (Å²) in [7, 11) is 1.32. The van der Waals surface area contributed by atoms with Gasteiger partial charge in [-0.1, -0.05) is 6.07 Å². The molecule has 19 heavy (non-hydrogen) atoms. The molecule has 0 atom stereocenters. The topological polar surface area (TPSA) is 38.8 Å². The van der Waals surface area contributed by atoms with Crippen LogP contribution >= 0.6 is 0 Å². The summed E-state index contributed by atoms with van der Waals surface area (Å²) in [6, 6.07) is 4.73. The van der Waals surface area contributed by atoms with E-state index in [-0.39, 0.29) is 18.1 Å². The first-order valence-electron chi connectivity index (χ1n) is 5.59. The summed E-state index contributed by atoms with van der Waals surface area (Å²) in [5, 5.41) is 0. The molecule has 1 aromatic carbocycles. The highest BCUT2D eigenvalue weighted by Crippen LogP contribution is 2.35. The molecule has 104 valence electrons. The first-order valence-corrected chi connectivity index (χ1v) is 5.59. The number of halogens is 3. The Hall–Kier alpha value is -1.92. The molecule has 0 spiro atoms. The number of amides is 1. The van der Waals surface area contributed by atoms with Gasteiger partial charge in [-0.25, -0.2) is 0 Å². The smallest absolute Gasteiger partial charge is 0.390 e. The fourth-order valence-electron chi connectivity index (χ4n) is 1.70. The zero-order valence-corrected chi connectivity index (χ0v) is 10.2. The number of fused-ring (bicyclic) bond motifs is 1. The molecule has 1 heterocycles. The lowest BCUT2D eigenvalue weighted by Gasteiger charge is -2.18. The van der Waals surface area contributed by atoms with E-state index >= 15 is 0 Å². The van der Waals surface area contributed by atoms with Gasteiger partial charge in [-0.3, -0.25) is 4.79 Å². The molecule has 0 N–H and O–H groups in total. The number of rotatable bonds is 3. The van der Waals surface area contributed by atoms with Gasteiger partial charge in [0.1, 0.15) is 0 Å². The summed E-state index contributed by atoms with van der Waals surface area (Å²) in [5.41, 5.74) is 0.208. The quantitative estimate of drug-likeness (QED) is 0.850. The number of nitrogens with zero attached hydrogens (tertiary/aromatic N) is 1. The molecule has 0 bridgehead atoms. The van der Waals surface area contributed by atoms with Crippen LogP contribution in [0.15, 0.2) is 18.2 Å². The van der Waals surface area contributed by atoms with Crippen LogP contribution in [-0.2, 0) is 0 Å². The van der Waals surface area contributed by atoms with E-state index in [1.165, 1.54) is 13.1 Å². The van der Waals surface area contributed by atoms with Crippen molar-refractivity contribution >= 4 is 5.91 Å². The van der Waals surface area contributed by atoms with E-state index in [2.05, 4.69) is 0 Å². The molecule has 1 aliphatic heterocycles. The summed E-state index contributed by atoms with van der Waals surface area (Å²) in [6.45, 7) is -0.390. The molecule has 1 aliphatic rings. The van der Waals surface area contributed by atoms with Gasteiger partial charge < -0.3 is 14.4 Å². The Balaban J connectivity index is 2.10. The predicted octanol–water partition coefficient (Wildman–Crippen LogP) is 2.44. The van der Waals surface area contributed by atoms with Gasteiger partial charge in [0, 0.05) is 13.6 Å². The van der Waals surface area contributed by atoms with Crippen molar-refractivity contribution in [2.75, 3.05) is 20.4 Å². The standard InChI is InChI=1S/C12H12F3NO3/c1-16(6-5-12(13,14)15)11(17)8-3-2-4-9-10(8)19-7-18-9/h2-4H,5-7H2,1H3. The second-order valence-electron chi connectivity index (χ2n) is 4.13. The second-order valence-corrected chi connectivity index (χ2v) is 4.13. The maximum absolute atomic E-state index is 12.1. The zero-order valence-electron chi connectivity index (χ0n) is 10.2. The Morgan fingerprint density at radius 3 is 2.79 bits per heavy atom. The van der Waals surface area contributed by atoms with Gasteiger partial charge in [0.05, 0.1) is 12.0 Å². The molecule has 0 saturated heterocycles. The maximum atomic E-state index is 12.1. The van der Waals surface area contributed by atoms with E-state index in [1.807, 2.05) is 0 Å². The van der Waals surface area contributed by atoms with Gasteiger partial charge in [-0.2, -0.15) is 13.2 Å². The molecule has 1 aromatic rings. The first-order chi connectivity index (χ1) is 8.88. The van der Waals surface area contributed by atoms with Crippen LogP contribution in [-0.4, -0.2) is 37.4 Å². The van der Waals surface area contributed by atoms with Gasteiger partial charge in [-0.05, 0) is 12.1 Å². The lowest BCUT2D eigenvalue weighted by molar-refractivity contribution is -0.136. The highest BCUT2D eigenvalue weighted by Gasteiger charge is 2.29. The molecule has 0 unspecified atom stereocenters. The third-order valence-electron chi connectivity index (χ3n) is 2.70. The van der Waals surface area contributed by atoms with Gasteiger partial charge >= 0.3 is 6.18 Å². The van der Waals surface area contributed by atoms with Crippen molar-refractivity contribution in [2.24, 2.45) is 0 Å². The maximum Gasteiger partial charge on any atom is 0.390 e. The van der Waals surface area contributed by atoms with Crippen LogP contribution in [0.25, 0.3) is 0 Å². The van der Waals surface area contributed by atoms with Crippen LogP contribution in [0.1, 0.15) is 16.8 Å². The molecule has 4 nitrogen and oxygen atoms in total. The number of benzene rings is 1. The van der Waals surface area contributed by atoms with Crippen LogP contribution in [0.5, 0.6) is 11.5 Å². The third-order valence-corrected chi connectivity index (χ3v) is 2.70. The van der Waals surface area contributed by atoms with Crippen molar-refractivity contribution in [3.05, 3.63) is 23.8 Å². The third kappa shape index (κ3) is 3.10. The summed E-state index contributed by atoms with van der Waals surface area (Å²) in [6.07, 6.45) is -5.32. The van der Waals surface area contributed by atoms with Crippen LogP contribution in [0, 0.1) is 0 Å². The lowest BCUT2D eigenvalue weighted by Crippen LogP contribution is -2.30. The summed E-state index contributed by atoms with van der Waals surface area (Å²) in [5.74, 6) is 0.188. The zero-order chi connectivity index (χ0) is 14.0. The number of para-hydroxylation sites is 1. The largest absolute Gasteiger partial charge is 0.454 e. The molecule has 2 rings (SSSR count). The number of hydrogen-bond acceptors (Lipinski definition) is 3. The van der Waals surface area contributed by atoms with E-state index < -0.39 is 25.0 Å². The van der Waals surface area contributed by atoms with Crippen molar-refractivity contribution < 1.29 is 27.4 Å². The molecular formula is C12H12F3NO3. The second kappa shape index (κ2) is 4.99. The minimum atomic E-state index is -4.28. The molecule has 0 radical (unpaired) electrons. The van der Waals surface area contributed by atoms with Crippen molar-refractivity contribution in [3.63, 3.8) is 0 Å². The number of alkyl halides is 3. The Labute approximate surface area is 107 Å². The lowest BCUT2D eigenvalue weighted by atomic mass is 10.1. The molecular weight excluding hydrogens is 263 g/mol. The fraction of sp³-hybridized carbons (Fsp3) is 0.417. The van der Waals surface area contributed by atoms with Gasteiger partial charge in [0.2, 0.25) is 6.79 Å². The van der Waals surface area contributed by atoms with E-state index in [4.69, 9.17) is 9.47 Å². The Morgan fingerprint density at radius 2 is 2.11 bits per heavy atom. The SMILES string of the molecule is CN(CCC(F)(F)F)C(=O)c1cccc2c1OCO2. The molecule has 0 fully saturated rings. The van der Waals surface area contributed by atoms with E-state index in [9.17, 15) is 18.0 Å². The Morgan fingerprint density at radius 1 is 1.37 bits per heavy atom. The van der Waals surface area contributed by atoms with E-state index in [0.717, 1.165) is 4.90 Å². The minimum Gasteiger partial charge on any atom is -0.454 e. The van der Waals surface area contributed by atoms with Gasteiger partial charge in [0.15, 0.2) is 11.5 Å². The minimum absolute atomic E-state index is 0.00585. The molecule has 7 heteroatoms. The van der Waals surface area contributed by atoms with Crippen molar-refractivity contribution in [3.8, 4) is 11.5 Å². The van der Waals surface area contributed by atoms with Crippen molar-refractivity contribution in [2.45, 2.75) is 12.6 Å². The first kappa shape index (κ1) is 13.5.